The minimum Gasteiger partial charge on any atom is -0.462 e. The lowest BCUT2D eigenvalue weighted by molar-refractivity contribution is -0.170. The Morgan fingerprint density at radius 2 is 2.05 bits per heavy atom. The van der Waals surface area contributed by atoms with E-state index in [0.717, 1.165) is 0 Å². The van der Waals surface area contributed by atoms with Gasteiger partial charge in [-0.05, 0) is 5.56 Å². The smallest absolute Gasteiger partial charge is 0.348 e. The van der Waals surface area contributed by atoms with E-state index in [1.165, 1.54) is 0 Å². The number of cyclic esters (lactones) is 1. The molecule has 0 amide bonds. The van der Waals surface area contributed by atoms with Crippen molar-refractivity contribution >= 4 is 11.9 Å². The Morgan fingerprint density at radius 3 is 2.58 bits per heavy atom. The van der Waals surface area contributed by atoms with Gasteiger partial charge in [0.15, 0.2) is 6.10 Å². The zero-order valence-corrected chi connectivity index (χ0v) is 10.8. The minimum absolute atomic E-state index is 0.200. The Hall–Kier alpha value is -1.88. The normalized spacial score (nSPS) is 22.7. The quantitative estimate of drug-likeness (QED) is 0.831. The van der Waals surface area contributed by atoms with Crippen LogP contribution in [0.5, 0.6) is 0 Å². The first kappa shape index (κ1) is 13.5. The topological polar surface area (TPSA) is 72.8 Å². The predicted octanol–water partition coefficient (Wildman–Crippen LogP) is 1.21. The third kappa shape index (κ3) is 2.76. The van der Waals surface area contributed by atoms with Crippen molar-refractivity contribution in [3.8, 4) is 0 Å². The second-order valence-corrected chi connectivity index (χ2v) is 5.23. The highest BCUT2D eigenvalue weighted by molar-refractivity contribution is 5.83. The number of carbonyl (C=O) groups is 2. The summed E-state index contributed by atoms with van der Waals surface area (Å²) in [5.41, 5.74) is -0.153. The lowest BCUT2D eigenvalue weighted by atomic mass is 9.90. The van der Waals surface area contributed by atoms with E-state index < -0.39 is 29.6 Å². The molecule has 1 aromatic carbocycles. The average molecular weight is 264 g/mol. The van der Waals surface area contributed by atoms with Crippen LogP contribution in [0.1, 0.15) is 25.5 Å². The van der Waals surface area contributed by atoms with Gasteiger partial charge in [0, 0.05) is 5.41 Å². The summed E-state index contributed by atoms with van der Waals surface area (Å²) >= 11 is 0. The number of hydrogen-bond donors (Lipinski definition) is 1. The second kappa shape index (κ2) is 5.01. The van der Waals surface area contributed by atoms with Crippen LogP contribution in [-0.2, 0) is 19.1 Å². The van der Waals surface area contributed by atoms with Crippen LogP contribution in [0.15, 0.2) is 30.3 Å². The molecule has 1 aromatic rings. The third-order valence-corrected chi connectivity index (χ3v) is 3.08. The van der Waals surface area contributed by atoms with Gasteiger partial charge in [0.2, 0.25) is 6.10 Å². The van der Waals surface area contributed by atoms with Crippen molar-refractivity contribution in [1.29, 1.82) is 0 Å². The van der Waals surface area contributed by atoms with Crippen LogP contribution in [-0.4, -0.2) is 29.8 Å². The maximum absolute atomic E-state index is 11.9. The first-order valence-corrected chi connectivity index (χ1v) is 6.02. The molecule has 1 heterocycles. The number of aliphatic hydroxyl groups is 1. The fourth-order valence-corrected chi connectivity index (χ4v) is 1.89. The fourth-order valence-electron chi connectivity index (χ4n) is 1.89. The van der Waals surface area contributed by atoms with Crippen molar-refractivity contribution in [2.75, 3.05) is 6.61 Å². The van der Waals surface area contributed by atoms with E-state index >= 15 is 0 Å². The van der Waals surface area contributed by atoms with Gasteiger partial charge in [-0.1, -0.05) is 44.2 Å². The van der Waals surface area contributed by atoms with E-state index in [2.05, 4.69) is 0 Å². The molecule has 102 valence electrons. The molecule has 1 N–H and O–H groups in total. The molecule has 0 unspecified atom stereocenters. The van der Waals surface area contributed by atoms with Gasteiger partial charge in [-0.15, -0.1) is 0 Å². The van der Waals surface area contributed by atoms with Crippen LogP contribution in [0.4, 0.5) is 0 Å². The monoisotopic (exact) mass is 264 g/mol. The van der Waals surface area contributed by atoms with Crippen LogP contribution in [0.25, 0.3) is 0 Å². The van der Waals surface area contributed by atoms with E-state index in [1.54, 1.807) is 44.2 Å². The van der Waals surface area contributed by atoms with Crippen molar-refractivity contribution in [2.24, 2.45) is 5.41 Å². The van der Waals surface area contributed by atoms with Crippen LogP contribution < -0.4 is 0 Å². The summed E-state index contributed by atoms with van der Waals surface area (Å²) < 4.78 is 9.96. The number of aliphatic hydroxyl groups excluding tert-OH is 1. The molecule has 0 bridgehead atoms. The van der Waals surface area contributed by atoms with Crippen molar-refractivity contribution in [3.63, 3.8) is 0 Å². The van der Waals surface area contributed by atoms with Gasteiger partial charge in [0.25, 0.3) is 0 Å². The van der Waals surface area contributed by atoms with Gasteiger partial charge in [0.05, 0.1) is 0 Å². The Labute approximate surface area is 111 Å². The first-order chi connectivity index (χ1) is 8.92. The van der Waals surface area contributed by atoms with E-state index in [0.29, 0.717) is 5.56 Å². The van der Waals surface area contributed by atoms with E-state index in [1.807, 2.05) is 0 Å². The molecule has 1 fully saturated rings. The van der Waals surface area contributed by atoms with E-state index in [4.69, 9.17) is 9.47 Å². The molecule has 2 atom stereocenters. The zero-order valence-electron chi connectivity index (χ0n) is 10.8. The van der Waals surface area contributed by atoms with Crippen LogP contribution in [0, 0.1) is 5.41 Å². The van der Waals surface area contributed by atoms with Crippen LogP contribution >= 0.6 is 0 Å². The largest absolute Gasteiger partial charge is 0.462 e. The Bertz CT molecular complexity index is 480. The molecule has 19 heavy (non-hydrogen) atoms. The summed E-state index contributed by atoms with van der Waals surface area (Å²) in [4.78, 5) is 23.4. The van der Waals surface area contributed by atoms with Gasteiger partial charge in [-0.3, -0.25) is 0 Å². The number of ether oxygens (including phenoxy) is 2. The number of benzene rings is 1. The van der Waals surface area contributed by atoms with Crippen LogP contribution in [0.2, 0.25) is 0 Å². The second-order valence-electron chi connectivity index (χ2n) is 5.23. The molecule has 1 aliphatic rings. The van der Waals surface area contributed by atoms with Gasteiger partial charge < -0.3 is 14.6 Å². The SMILES string of the molecule is CC1(C)COC(=O)[C@@H]1OC(=O)[C@H](O)c1ccccc1. The molecule has 0 saturated carbocycles. The number of hydrogen-bond acceptors (Lipinski definition) is 5. The van der Waals surface area contributed by atoms with Crippen molar-refractivity contribution < 1.29 is 24.2 Å². The molecule has 2 rings (SSSR count). The summed E-state index contributed by atoms with van der Waals surface area (Å²) in [5.74, 6) is -1.42. The van der Waals surface area contributed by atoms with Crippen molar-refractivity contribution in [1.82, 2.24) is 0 Å². The van der Waals surface area contributed by atoms with Crippen molar-refractivity contribution in [3.05, 3.63) is 35.9 Å². The summed E-state index contributed by atoms with van der Waals surface area (Å²) in [6, 6.07) is 8.42. The summed E-state index contributed by atoms with van der Waals surface area (Å²) in [6.45, 7) is 3.74. The maximum Gasteiger partial charge on any atom is 0.348 e. The zero-order chi connectivity index (χ0) is 14.0. The third-order valence-electron chi connectivity index (χ3n) is 3.08. The molecular formula is C14H16O5. The molecule has 0 aromatic heterocycles. The summed E-state index contributed by atoms with van der Waals surface area (Å²) in [5, 5.41) is 9.88. The minimum atomic E-state index is -1.40. The molecule has 1 aliphatic heterocycles. The molecule has 1 saturated heterocycles. The lowest BCUT2D eigenvalue weighted by Gasteiger charge is -2.22. The Kier molecular flexibility index (Phi) is 3.57. The van der Waals surface area contributed by atoms with E-state index in [9.17, 15) is 14.7 Å². The van der Waals surface area contributed by atoms with E-state index in [-0.39, 0.29) is 6.61 Å². The van der Waals surface area contributed by atoms with Crippen molar-refractivity contribution in [2.45, 2.75) is 26.1 Å². The molecule has 0 aliphatic carbocycles. The van der Waals surface area contributed by atoms with Gasteiger partial charge in [-0.2, -0.15) is 0 Å². The molecular weight excluding hydrogens is 248 g/mol. The first-order valence-electron chi connectivity index (χ1n) is 6.02. The molecule has 5 heteroatoms. The lowest BCUT2D eigenvalue weighted by Crippen LogP contribution is -2.36. The molecule has 5 nitrogen and oxygen atoms in total. The Balaban J connectivity index is 2.07. The summed E-state index contributed by atoms with van der Waals surface area (Å²) in [7, 11) is 0. The average Bonchev–Trinajstić information content (AvgIpc) is 2.65. The van der Waals surface area contributed by atoms with Gasteiger partial charge >= 0.3 is 11.9 Å². The number of carbonyl (C=O) groups excluding carboxylic acids is 2. The standard InChI is InChI=1S/C14H16O5/c1-14(2)8-18-13(17)11(14)19-12(16)10(15)9-6-4-3-5-7-9/h3-7,10-11,15H,8H2,1-2H3/t10-,11+/m1/s1. The summed E-state index contributed by atoms with van der Waals surface area (Å²) in [6.07, 6.45) is -2.37. The highest BCUT2D eigenvalue weighted by Gasteiger charge is 2.47. The molecule has 0 radical (unpaired) electrons. The van der Waals surface area contributed by atoms with Gasteiger partial charge in [0.1, 0.15) is 6.61 Å². The highest BCUT2D eigenvalue weighted by Crippen LogP contribution is 2.32. The Morgan fingerprint density at radius 1 is 1.42 bits per heavy atom. The highest BCUT2D eigenvalue weighted by atomic mass is 16.6. The fraction of sp³-hybridized carbons (Fsp3) is 0.429. The number of esters is 2. The predicted molar refractivity (Wildman–Crippen MR) is 66.0 cm³/mol. The van der Waals surface area contributed by atoms with Crippen LogP contribution in [0.3, 0.4) is 0 Å². The van der Waals surface area contributed by atoms with Gasteiger partial charge in [-0.25, -0.2) is 9.59 Å². The molecule has 0 spiro atoms. The number of rotatable bonds is 3. The maximum atomic E-state index is 11.9.